The Balaban J connectivity index is 1.24. The number of aliphatic hydroxyl groups is 1. The van der Waals surface area contributed by atoms with Gasteiger partial charge >= 0.3 is 0 Å². The maximum absolute atomic E-state index is 9.78. The highest BCUT2D eigenvalue weighted by Gasteiger charge is 2.12. The lowest BCUT2D eigenvalue weighted by atomic mass is 10.1. The molecule has 0 aliphatic carbocycles. The van der Waals surface area contributed by atoms with Gasteiger partial charge in [-0.1, -0.05) is 54.6 Å². The first-order valence-electron chi connectivity index (χ1n) is 11.1. The van der Waals surface area contributed by atoms with Crippen molar-refractivity contribution < 1.29 is 14.3 Å². The predicted molar refractivity (Wildman–Crippen MR) is 130 cm³/mol. The first-order valence-corrected chi connectivity index (χ1v) is 11.1. The van der Waals surface area contributed by atoms with Gasteiger partial charge in [-0.3, -0.25) is 0 Å². The van der Waals surface area contributed by atoms with Crippen LogP contribution in [0.5, 0.6) is 5.88 Å². The first-order chi connectivity index (χ1) is 16.7. The van der Waals surface area contributed by atoms with E-state index in [0.717, 1.165) is 39.3 Å². The second-order valence-corrected chi connectivity index (χ2v) is 8.07. The van der Waals surface area contributed by atoms with Crippen molar-refractivity contribution >= 4 is 0 Å². The SMILES string of the molecule is Cc1oc(-c2ccccc2)nc1COc1ccc(Cn2cc(CO)c(-c3ccccc3)c2)cn1. The Morgan fingerprint density at radius 3 is 2.32 bits per heavy atom. The number of pyridine rings is 1. The van der Waals surface area contributed by atoms with Crippen molar-refractivity contribution in [1.29, 1.82) is 0 Å². The molecule has 5 rings (SSSR count). The molecule has 2 aromatic carbocycles. The lowest BCUT2D eigenvalue weighted by Crippen LogP contribution is -2.01. The van der Waals surface area contributed by atoms with Crippen molar-refractivity contribution in [3.63, 3.8) is 0 Å². The van der Waals surface area contributed by atoms with Gasteiger partial charge in [-0.25, -0.2) is 9.97 Å². The number of hydrogen-bond donors (Lipinski definition) is 1. The lowest BCUT2D eigenvalue weighted by Gasteiger charge is -2.06. The van der Waals surface area contributed by atoms with Gasteiger partial charge < -0.3 is 18.8 Å². The highest BCUT2D eigenvalue weighted by Crippen LogP contribution is 2.26. The van der Waals surface area contributed by atoms with E-state index in [1.807, 2.05) is 85.9 Å². The largest absolute Gasteiger partial charge is 0.471 e. The van der Waals surface area contributed by atoms with Crippen molar-refractivity contribution in [3.05, 3.63) is 114 Å². The quantitative estimate of drug-likeness (QED) is 0.331. The van der Waals surface area contributed by atoms with Gasteiger partial charge in [0, 0.05) is 47.9 Å². The molecule has 3 aromatic heterocycles. The van der Waals surface area contributed by atoms with Crippen LogP contribution >= 0.6 is 0 Å². The van der Waals surface area contributed by atoms with E-state index in [9.17, 15) is 5.11 Å². The summed E-state index contributed by atoms with van der Waals surface area (Å²) in [6.45, 7) is 2.81. The minimum Gasteiger partial charge on any atom is -0.471 e. The molecule has 0 bridgehead atoms. The molecule has 0 saturated carbocycles. The Bertz CT molecular complexity index is 1360. The van der Waals surface area contributed by atoms with E-state index in [1.165, 1.54) is 0 Å². The summed E-state index contributed by atoms with van der Waals surface area (Å²) in [7, 11) is 0. The van der Waals surface area contributed by atoms with Crippen LogP contribution in [-0.4, -0.2) is 19.6 Å². The maximum Gasteiger partial charge on any atom is 0.226 e. The monoisotopic (exact) mass is 451 g/mol. The Hall–Kier alpha value is -4.16. The van der Waals surface area contributed by atoms with Gasteiger partial charge in [0.2, 0.25) is 11.8 Å². The molecule has 5 aromatic rings. The van der Waals surface area contributed by atoms with E-state index < -0.39 is 0 Å². The molecule has 0 aliphatic rings. The summed E-state index contributed by atoms with van der Waals surface area (Å²) in [5.74, 6) is 1.85. The fourth-order valence-electron chi connectivity index (χ4n) is 3.86. The normalized spacial score (nSPS) is 11.0. The highest BCUT2D eigenvalue weighted by molar-refractivity contribution is 5.66. The second-order valence-electron chi connectivity index (χ2n) is 8.07. The van der Waals surface area contributed by atoms with E-state index in [0.29, 0.717) is 18.3 Å². The van der Waals surface area contributed by atoms with Crippen LogP contribution in [0.1, 0.15) is 22.6 Å². The number of hydrogen-bond acceptors (Lipinski definition) is 5. The highest BCUT2D eigenvalue weighted by atomic mass is 16.5. The minimum atomic E-state index is -0.00426. The van der Waals surface area contributed by atoms with Crippen LogP contribution in [0.4, 0.5) is 0 Å². The van der Waals surface area contributed by atoms with Crippen molar-refractivity contribution in [2.45, 2.75) is 26.7 Å². The molecule has 0 unspecified atom stereocenters. The maximum atomic E-state index is 9.78. The zero-order valence-electron chi connectivity index (χ0n) is 18.9. The Labute approximate surface area is 198 Å². The zero-order valence-corrected chi connectivity index (χ0v) is 18.9. The van der Waals surface area contributed by atoms with Crippen LogP contribution in [0.15, 0.2) is 95.8 Å². The molecule has 34 heavy (non-hydrogen) atoms. The standard InChI is InChI=1S/C28H25N3O3/c1-20-26(30-28(34-20)23-10-6-3-7-11-23)19-33-27-13-12-21(14-29-27)15-31-16-24(18-32)25(17-31)22-8-4-2-5-9-22/h2-14,16-17,32H,15,18-19H2,1H3. The number of aliphatic hydroxyl groups excluding tert-OH is 1. The average molecular weight is 452 g/mol. The second kappa shape index (κ2) is 9.77. The molecule has 170 valence electrons. The van der Waals surface area contributed by atoms with Gasteiger partial charge in [-0.15, -0.1) is 0 Å². The van der Waals surface area contributed by atoms with Crippen molar-refractivity contribution in [2.75, 3.05) is 0 Å². The number of aryl methyl sites for hydroxylation is 1. The summed E-state index contributed by atoms with van der Waals surface area (Å²) >= 11 is 0. The van der Waals surface area contributed by atoms with Gasteiger partial charge in [-0.2, -0.15) is 0 Å². The fraction of sp³-hybridized carbons (Fsp3) is 0.143. The van der Waals surface area contributed by atoms with Gasteiger partial charge in [0.15, 0.2) is 0 Å². The van der Waals surface area contributed by atoms with Crippen LogP contribution in [0.3, 0.4) is 0 Å². The van der Waals surface area contributed by atoms with Gasteiger partial charge in [-0.05, 0) is 30.2 Å². The molecule has 0 fully saturated rings. The number of ether oxygens (including phenoxy) is 1. The Morgan fingerprint density at radius 1 is 0.912 bits per heavy atom. The summed E-state index contributed by atoms with van der Waals surface area (Å²) < 4.78 is 13.7. The molecule has 0 saturated heterocycles. The summed E-state index contributed by atoms with van der Waals surface area (Å²) in [5, 5.41) is 9.78. The number of nitrogens with zero attached hydrogens (tertiary/aromatic N) is 3. The fourth-order valence-corrected chi connectivity index (χ4v) is 3.86. The molecule has 0 radical (unpaired) electrons. The van der Waals surface area contributed by atoms with Crippen molar-refractivity contribution in [2.24, 2.45) is 0 Å². The third-order valence-corrected chi connectivity index (χ3v) is 5.65. The van der Waals surface area contributed by atoms with E-state index in [4.69, 9.17) is 9.15 Å². The van der Waals surface area contributed by atoms with E-state index in [1.54, 1.807) is 6.20 Å². The third-order valence-electron chi connectivity index (χ3n) is 5.65. The molecular weight excluding hydrogens is 426 g/mol. The number of oxazole rings is 1. The predicted octanol–water partition coefficient (Wildman–Crippen LogP) is 5.63. The van der Waals surface area contributed by atoms with E-state index >= 15 is 0 Å². The first kappa shape index (κ1) is 21.7. The summed E-state index contributed by atoms with van der Waals surface area (Å²) in [4.78, 5) is 9.02. The van der Waals surface area contributed by atoms with Crippen molar-refractivity contribution in [1.82, 2.24) is 14.5 Å². The summed E-state index contributed by atoms with van der Waals surface area (Å²) in [6.07, 6.45) is 5.84. The number of benzene rings is 2. The van der Waals surface area contributed by atoms with Crippen LogP contribution in [0.2, 0.25) is 0 Å². The summed E-state index contributed by atoms with van der Waals surface area (Å²) in [6, 6.07) is 23.7. The molecule has 1 N–H and O–H groups in total. The molecule has 3 heterocycles. The van der Waals surface area contributed by atoms with Gasteiger partial charge in [0.1, 0.15) is 18.1 Å². The Kier molecular flexibility index (Phi) is 6.23. The smallest absolute Gasteiger partial charge is 0.226 e. The minimum absolute atomic E-state index is 0.00426. The summed E-state index contributed by atoms with van der Waals surface area (Å²) in [5.41, 5.74) is 5.75. The van der Waals surface area contributed by atoms with Crippen LogP contribution in [0.25, 0.3) is 22.6 Å². The van der Waals surface area contributed by atoms with Crippen LogP contribution in [0, 0.1) is 6.92 Å². The van der Waals surface area contributed by atoms with Gasteiger partial charge in [0.05, 0.1) is 6.61 Å². The molecule has 0 amide bonds. The Morgan fingerprint density at radius 2 is 1.65 bits per heavy atom. The van der Waals surface area contributed by atoms with Crippen LogP contribution in [-0.2, 0) is 19.8 Å². The van der Waals surface area contributed by atoms with Crippen molar-refractivity contribution in [3.8, 4) is 28.5 Å². The molecule has 0 atom stereocenters. The molecular formula is C28H25N3O3. The lowest BCUT2D eigenvalue weighted by molar-refractivity contribution is 0.282. The molecule has 6 nitrogen and oxygen atoms in total. The topological polar surface area (TPSA) is 73.3 Å². The molecule has 0 spiro atoms. The average Bonchev–Trinajstić information content (AvgIpc) is 3.47. The van der Waals surface area contributed by atoms with E-state index in [2.05, 4.69) is 20.7 Å². The van der Waals surface area contributed by atoms with Gasteiger partial charge in [0.25, 0.3) is 0 Å². The number of aromatic nitrogens is 3. The molecule has 0 aliphatic heterocycles. The number of rotatable bonds is 8. The zero-order chi connectivity index (χ0) is 23.3. The molecule has 6 heteroatoms. The third kappa shape index (κ3) is 4.77. The van der Waals surface area contributed by atoms with E-state index in [-0.39, 0.29) is 13.2 Å². The van der Waals surface area contributed by atoms with Crippen LogP contribution < -0.4 is 4.74 Å².